The molecule has 6 nitrogen and oxygen atoms in total. The van der Waals surface area contributed by atoms with Crippen LogP contribution in [-0.2, 0) is 9.68 Å². The number of hydrogen-bond donors (Lipinski definition) is 2. The Morgan fingerprint density at radius 2 is 1.21 bits per heavy atom. The van der Waals surface area contributed by atoms with Crippen molar-refractivity contribution in [3.63, 3.8) is 0 Å². The summed E-state index contributed by atoms with van der Waals surface area (Å²) in [7, 11) is 1.55. The molecule has 0 aliphatic heterocycles. The van der Waals surface area contributed by atoms with Crippen molar-refractivity contribution in [1.82, 2.24) is 5.23 Å². The van der Waals surface area contributed by atoms with E-state index in [1.165, 1.54) is 0 Å². The molecule has 0 saturated heterocycles. The normalized spacial score (nSPS) is 10.2. The lowest BCUT2D eigenvalue weighted by molar-refractivity contribution is -0.356. The van der Waals surface area contributed by atoms with E-state index in [4.69, 9.17) is 19.9 Å². The second-order valence-corrected chi connectivity index (χ2v) is 4.61. The van der Waals surface area contributed by atoms with Gasteiger partial charge in [0.1, 0.15) is 0 Å². The number of rotatable bonds is 8. The molecule has 2 aromatic carbocycles. The van der Waals surface area contributed by atoms with E-state index < -0.39 is 0 Å². The number of ketones is 1. The van der Waals surface area contributed by atoms with Crippen molar-refractivity contribution in [3.05, 3.63) is 71.8 Å². The van der Waals surface area contributed by atoms with E-state index in [-0.39, 0.29) is 32.2 Å². The summed E-state index contributed by atoms with van der Waals surface area (Å²) in [4.78, 5) is 21.3. The van der Waals surface area contributed by atoms with Crippen LogP contribution >= 0.6 is 0 Å². The third-order valence-corrected chi connectivity index (χ3v) is 2.80. The molecule has 6 heteroatoms. The van der Waals surface area contributed by atoms with Crippen LogP contribution in [0.5, 0.6) is 0 Å². The molecule has 0 bridgehead atoms. The van der Waals surface area contributed by atoms with E-state index in [0.717, 1.165) is 16.4 Å². The molecule has 0 aliphatic carbocycles. The van der Waals surface area contributed by atoms with Crippen LogP contribution in [0.2, 0.25) is 0 Å². The molecule has 0 unspecified atom stereocenters. The average Bonchev–Trinajstić information content (AvgIpc) is 2.66. The van der Waals surface area contributed by atoms with Gasteiger partial charge in [-0.1, -0.05) is 65.9 Å². The number of aliphatic hydroxyl groups is 2. The zero-order valence-electron chi connectivity index (χ0n) is 13.7. The first kappa shape index (κ1) is 20.0. The lowest BCUT2D eigenvalue weighted by Crippen LogP contribution is -2.22. The summed E-state index contributed by atoms with van der Waals surface area (Å²) in [5, 5.41) is 17.7. The largest absolute Gasteiger partial charge is 0.394 e. The fourth-order valence-electron chi connectivity index (χ4n) is 1.72. The molecule has 0 radical (unpaired) electrons. The first-order valence-electron chi connectivity index (χ1n) is 7.55. The highest BCUT2D eigenvalue weighted by atomic mass is 16.9. The first-order chi connectivity index (χ1) is 11.7. The molecule has 130 valence electrons. The maximum absolute atomic E-state index is 11.8. The van der Waals surface area contributed by atoms with Gasteiger partial charge < -0.3 is 10.2 Å². The average molecular weight is 333 g/mol. The molecule has 0 heterocycles. The summed E-state index contributed by atoms with van der Waals surface area (Å²) < 4.78 is 0. The quantitative estimate of drug-likeness (QED) is 0.565. The van der Waals surface area contributed by atoms with Crippen LogP contribution in [0.3, 0.4) is 0 Å². The maximum Gasteiger partial charge on any atom is 0.193 e. The number of hydroxylamine groups is 2. The Morgan fingerprint density at radius 1 is 0.833 bits per heavy atom. The Balaban J connectivity index is 0.000000257. The van der Waals surface area contributed by atoms with Gasteiger partial charge in [0.2, 0.25) is 0 Å². The molecule has 0 amide bonds. The molecule has 0 spiro atoms. The zero-order valence-corrected chi connectivity index (χ0v) is 13.7. The van der Waals surface area contributed by atoms with Crippen molar-refractivity contribution in [3.8, 4) is 0 Å². The highest BCUT2D eigenvalue weighted by molar-refractivity contribution is 6.08. The molecule has 0 atom stereocenters. The van der Waals surface area contributed by atoms with Gasteiger partial charge in [-0.15, -0.1) is 0 Å². The minimum Gasteiger partial charge on any atom is -0.394 e. The SMILES string of the molecule is CN(OCCO)OCCO.O=C(c1ccccc1)c1ccccc1. The van der Waals surface area contributed by atoms with Gasteiger partial charge in [-0.25, -0.2) is 0 Å². The van der Waals surface area contributed by atoms with Crippen LogP contribution in [0.15, 0.2) is 60.7 Å². The lowest BCUT2D eigenvalue weighted by atomic mass is 10.0. The predicted octanol–water partition coefficient (Wildman–Crippen LogP) is 1.68. The van der Waals surface area contributed by atoms with Crippen LogP contribution in [0.4, 0.5) is 0 Å². The van der Waals surface area contributed by atoms with E-state index in [0.29, 0.717) is 0 Å². The molecule has 0 saturated carbocycles. The maximum atomic E-state index is 11.8. The summed E-state index contributed by atoms with van der Waals surface area (Å²) in [5.74, 6) is 0.0752. The summed E-state index contributed by atoms with van der Waals surface area (Å²) in [6.45, 7) is 0.295. The van der Waals surface area contributed by atoms with E-state index in [1.807, 2.05) is 60.7 Å². The molecule has 0 fully saturated rings. The summed E-state index contributed by atoms with van der Waals surface area (Å²) in [6.07, 6.45) is 0. The molecule has 24 heavy (non-hydrogen) atoms. The minimum absolute atomic E-state index is 0.0488. The number of hydrogen-bond acceptors (Lipinski definition) is 6. The zero-order chi connectivity index (χ0) is 17.6. The second kappa shape index (κ2) is 12.3. The van der Waals surface area contributed by atoms with Gasteiger partial charge in [0.25, 0.3) is 0 Å². The van der Waals surface area contributed by atoms with Crippen molar-refractivity contribution in [1.29, 1.82) is 0 Å². The Kier molecular flexibility index (Phi) is 10.3. The standard InChI is InChI=1S/C13H10O.C5H13NO4/c14-13(11-7-3-1-4-8-11)12-9-5-2-6-10-12;1-6(9-4-2-7)10-5-3-8/h1-10H;7-8H,2-5H2,1H3. The number of carbonyl (C=O) groups excluding carboxylic acids is 1. The molecule has 0 aliphatic rings. The lowest BCUT2D eigenvalue weighted by Gasteiger charge is -2.13. The summed E-state index contributed by atoms with van der Waals surface area (Å²) >= 11 is 0. The Morgan fingerprint density at radius 3 is 1.54 bits per heavy atom. The van der Waals surface area contributed by atoms with Gasteiger partial charge in [0.05, 0.1) is 26.4 Å². The molecule has 2 aromatic rings. The van der Waals surface area contributed by atoms with Crippen LogP contribution in [0, 0.1) is 0 Å². The topological polar surface area (TPSA) is 79.2 Å². The third kappa shape index (κ3) is 7.96. The van der Waals surface area contributed by atoms with Gasteiger partial charge in [0.15, 0.2) is 5.78 Å². The molecule has 2 rings (SSSR count). The molecule has 2 N–H and O–H groups in total. The smallest absolute Gasteiger partial charge is 0.193 e. The molecular formula is C18H23NO5. The highest BCUT2D eigenvalue weighted by Crippen LogP contribution is 2.08. The number of aliphatic hydroxyl groups excluding tert-OH is 2. The van der Waals surface area contributed by atoms with Gasteiger partial charge in [0, 0.05) is 18.2 Å². The van der Waals surface area contributed by atoms with E-state index in [1.54, 1.807) is 7.05 Å². The van der Waals surface area contributed by atoms with Gasteiger partial charge in [-0.2, -0.15) is 0 Å². The fourth-order valence-corrected chi connectivity index (χ4v) is 1.72. The van der Waals surface area contributed by atoms with Crippen molar-refractivity contribution in [2.24, 2.45) is 0 Å². The predicted molar refractivity (Wildman–Crippen MR) is 90.2 cm³/mol. The Hall–Kier alpha value is -2.09. The number of benzene rings is 2. The van der Waals surface area contributed by atoms with E-state index in [9.17, 15) is 4.79 Å². The van der Waals surface area contributed by atoms with Crippen LogP contribution in [0.1, 0.15) is 15.9 Å². The fraction of sp³-hybridized carbons (Fsp3) is 0.278. The monoisotopic (exact) mass is 333 g/mol. The van der Waals surface area contributed by atoms with E-state index in [2.05, 4.69) is 0 Å². The Bertz CT molecular complexity index is 513. The van der Waals surface area contributed by atoms with Gasteiger partial charge in [-0.05, 0) is 0 Å². The minimum atomic E-state index is -0.0488. The van der Waals surface area contributed by atoms with Crippen LogP contribution in [0.25, 0.3) is 0 Å². The first-order valence-corrected chi connectivity index (χ1v) is 7.55. The number of nitrogens with zero attached hydrogens (tertiary/aromatic N) is 1. The van der Waals surface area contributed by atoms with Gasteiger partial charge in [-0.3, -0.25) is 14.5 Å². The van der Waals surface area contributed by atoms with Crippen molar-refractivity contribution in [2.45, 2.75) is 0 Å². The summed E-state index contributed by atoms with van der Waals surface area (Å²) in [6, 6.07) is 18.6. The van der Waals surface area contributed by atoms with Crippen LogP contribution in [-0.4, -0.2) is 54.7 Å². The van der Waals surface area contributed by atoms with E-state index >= 15 is 0 Å². The van der Waals surface area contributed by atoms with Gasteiger partial charge >= 0.3 is 0 Å². The highest BCUT2D eigenvalue weighted by Gasteiger charge is 2.06. The van der Waals surface area contributed by atoms with Crippen molar-refractivity contribution >= 4 is 5.78 Å². The molecular weight excluding hydrogens is 310 g/mol. The number of carbonyl (C=O) groups is 1. The van der Waals surface area contributed by atoms with Crippen molar-refractivity contribution in [2.75, 3.05) is 33.5 Å². The summed E-state index contributed by atoms with van der Waals surface area (Å²) in [5.41, 5.74) is 1.47. The Labute approximate surface area is 141 Å². The molecule has 0 aromatic heterocycles. The van der Waals surface area contributed by atoms with Crippen molar-refractivity contribution < 1.29 is 24.7 Å². The second-order valence-electron chi connectivity index (χ2n) is 4.61. The van der Waals surface area contributed by atoms with Crippen LogP contribution < -0.4 is 0 Å². The third-order valence-electron chi connectivity index (χ3n) is 2.80.